The molecule has 0 aliphatic carbocycles. The van der Waals surface area contributed by atoms with Crippen molar-refractivity contribution in [3.63, 3.8) is 0 Å². The molecule has 0 saturated carbocycles. The molecule has 0 aliphatic heterocycles. The lowest BCUT2D eigenvalue weighted by molar-refractivity contribution is -0.116. The highest BCUT2D eigenvalue weighted by molar-refractivity contribution is 6.11. The van der Waals surface area contributed by atoms with Crippen molar-refractivity contribution in [2.45, 2.75) is 242 Å². The van der Waals surface area contributed by atoms with Gasteiger partial charge in [0.2, 0.25) is 5.91 Å². The number of ketones is 2. The number of esters is 1. The highest BCUT2D eigenvalue weighted by atomic mass is 16.5. The van der Waals surface area contributed by atoms with Crippen LogP contribution in [0.25, 0.3) is 0 Å². The van der Waals surface area contributed by atoms with Crippen LogP contribution in [0.3, 0.4) is 0 Å². The molecule has 12 aromatic rings. The Balaban J connectivity index is 0.000000414. The first-order valence-corrected chi connectivity index (χ1v) is 48.0. The van der Waals surface area contributed by atoms with Crippen LogP contribution in [0.5, 0.6) is 69.0 Å². The van der Waals surface area contributed by atoms with Gasteiger partial charge in [-0.3, -0.25) is 14.4 Å². The molecule has 0 radical (unpaired) electrons. The first-order valence-electron chi connectivity index (χ1n) is 48.0. The molecule has 0 saturated heterocycles. The summed E-state index contributed by atoms with van der Waals surface area (Å²) in [6, 6.07) is 74.0. The number of nitrogens with one attached hydrogen (secondary N) is 1. The second-order valence-corrected chi connectivity index (χ2v) is 37.8. The van der Waals surface area contributed by atoms with Gasteiger partial charge < -0.3 is 85.9 Å². The number of hydrogen-bond donors (Lipinski definition) is 14. The zero-order valence-corrected chi connectivity index (χ0v) is 86.1. The molecule has 12 aromatic carbocycles. The second kappa shape index (κ2) is 63.6. The van der Waals surface area contributed by atoms with Crippen molar-refractivity contribution < 1.29 is 114 Å². The largest absolute Gasteiger partial charge is 0.508 e. The number of anilines is 1. The van der Waals surface area contributed by atoms with Crippen molar-refractivity contribution in [2.75, 3.05) is 26.1 Å². The zero-order valence-electron chi connectivity index (χ0n) is 86.1. The van der Waals surface area contributed by atoms with Crippen LogP contribution in [-0.2, 0) is 31.2 Å². The van der Waals surface area contributed by atoms with Gasteiger partial charge in [0.25, 0.3) is 0 Å². The Morgan fingerprint density at radius 3 is 1.10 bits per heavy atom. The van der Waals surface area contributed by atoms with Crippen molar-refractivity contribution in [3.05, 3.63) is 351 Å². The summed E-state index contributed by atoms with van der Waals surface area (Å²) in [4.78, 5) is 77.9. The molecule has 14 N–H and O–H groups in total. The van der Waals surface area contributed by atoms with E-state index in [0.717, 1.165) is 58.7 Å². The van der Waals surface area contributed by atoms with Gasteiger partial charge in [-0.25, -0.2) is 19.2 Å². The van der Waals surface area contributed by atoms with Gasteiger partial charge >= 0.3 is 23.9 Å². The summed E-state index contributed by atoms with van der Waals surface area (Å²) < 4.78 is 15.2. The number of phenolic OH excluding ortho intramolecular Hbond substituents is 9. The second-order valence-electron chi connectivity index (χ2n) is 37.8. The normalized spacial score (nSPS) is 10.5. The Labute approximate surface area is 844 Å². The molecule has 1 amide bonds. The summed E-state index contributed by atoms with van der Waals surface area (Å²) in [6.07, 6.45) is 21.4. The van der Waals surface area contributed by atoms with Crippen LogP contribution in [0.2, 0.25) is 0 Å². The lowest BCUT2D eigenvalue weighted by Crippen LogP contribution is -2.16. The Kier molecular flexibility index (Phi) is 54.3. The number of methoxy groups -OCH3 is 2. The van der Waals surface area contributed by atoms with Crippen LogP contribution >= 0.6 is 0 Å². The lowest BCUT2D eigenvalue weighted by Gasteiger charge is -2.26. The third kappa shape index (κ3) is 47.6. The molecule has 0 spiro atoms. The molecule has 0 fully saturated rings. The molecule has 768 valence electrons. The van der Waals surface area contributed by atoms with Crippen LogP contribution in [-0.4, -0.2) is 129 Å². The number of phenols is 10. The molecule has 0 aliphatic rings. The first kappa shape index (κ1) is 122. The predicted molar refractivity (Wildman–Crippen MR) is 568 cm³/mol. The third-order valence-electron chi connectivity index (χ3n) is 21.7. The van der Waals surface area contributed by atoms with Crippen molar-refractivity contribution in [1.29, 1.82) is 0 Å². The molecular formula is C119H149NO23. The molecule has 24 nitrogen and oxygen atoms in total. The van der Waals surface area contributed by atoms with Crippen molar-refractivity contribution in [2.24, 2.45) is 0 Å². The van der Waals surface area contributed by atoms with Crippen LogP contribution in [0, 0.1) is 13.8 Å². The number of rotatable bonds is 29. The summed E-state index contributed by atoms with van der Waals surface area (Å²) in [5.41, 5.74) is 8.74. The zero-order chi connectivity index (χ0) is 107. The molecule has 24 heteroatoms. The molecule has 143 heavy (non-hydrogen) atoms. The summed E-state index contributed by atoms with van der Waals surface area (Å²) in [5, 5.41) is 121. The van der Waals surface area contributed by atoms with E-state index in [2.05, 4.69) is 95.3 Å². The Morgan fingerprint density at radius 1 is 0.294 bits per heavy atom. The standard InChI is InChI=1S/C24H41NO2.C14H22O.2C13H10O2.2C11H16O2.C10H12O3.2C8H8O3.C7H6O3/c1-2-3-4-5-6-7-8-9-10-11-12-13-14-15-16-17-24(27)25-22-18-20-23(26)21-19-22;1-13(2,3)10-8-7-9-11(12(10)15)14(4,5)6;14-12-9-5-4-8-11(12)13(15)10-6-2-1-3-7-10;14-12-8-6-11(7-9-12)13(15)10-4-2-1-3-5-10;1-11(2,3)9-7-8(13-4)5-6-10(9)12;1-11(2,3)9-7-8(12)5-6-10(9)13-4;1-2-7-13-10(12)8-3-5-9(11)6-4-8;1-5-4-6(8(10)11)2-3-7(5)9;1-5-3-2-4-6(7(5)9)8(10)11;8-6-3-1-5(2-4-6)7(9)10/h18-21,26H,2-17H2,1H3,(H,25,27);7-9,15H,1-6H3;2*1-9,14H;2*5-7,12H,1-4H3;3-6,11H,2,7H2,1H3;2*2-4,9H,1H3,(H,10,11);1-4,8H,(H,9,10). The number of carbonyl (C=O) groups excluding carboxylic acids is 4. The molecule has 0 heterocycles. The van der Waals surface area contributed by atoms with Crippen molar-refractivity contribution in [1.82, 2.24) is 0 Å². The van der Waals surface area contributed by atoms with Crippen molar-refractivity contribution >= 4 is 47.0 Å². The van der Waals surface area contributed by atoms with E-state index in [4.69, 9.17) is 50.0 Å². The van der Waals surface area contributed by atoms with Crippen LogP contribution in [0.15, 0.2) is 273 Å². The number of para-hydroxylation sites is 3. The summed E-state index contributed by atoms with van der Waals surface area (Å²) >= 11 is 0. The number of amides is 1. The molecule has 0 bridgehead atoms. The van der Waals surface area contributed by atoms with E-state index >= 15 is 0 Å². The van der Waals surface area contributed by atoms with Gasteiger partial charge in [0.05, 0.1) is 43.1 Å². The first-order chi connectivity index (χ1) is 67.5. The Bertz CT molecular complexity index is 5780. The highest BCUT2D eigenvalue weighted by Gasteiger charge is 2.26. The molecule has 12 rings (SSSR count). The average Bonchev–Trinajstić information content (AvgIpc) is 0.791. The molecular weight excluding hydrogens is 1810 g/mol. The fourth-order valence-corrected chi connectivity index (χ4v) is 13.6. The number of ether oxygens (including phenoxy) is 3. The van der Waals surface area contributed by atoms with Gasteiger partial charge in [0, 0.05) is 39.9 Å². The van der Waals surface area contributed by atoms with Gasteiger partial charge in [0.15, 0.2) is 11.6 Å². The van der Waals surface area contributed by atoms with E-state index in [1.165, 1.54) is 174 Å². The highest BCUT2D eigenvalue weighted by Crippen LogP contribution is 2.40. The lowest BCUT2D eigenvalue weighted by atomic mass is 9.80. The number of carboxylic acid groups (broad SMARTS) is 3. The number of benzene rings is 12. The smallest absolute Gasteiger partial charge is 0.339 e. The number of aromatic hydroxyl groups is 10. The fourth-order valence-electron chi connectivity index (χ4n) is 13.6. The monoisotopic (exact) mass is 1960 g/mol. The van der Waals surface area contributed by atoms with Gasteiger partial charge in [0.1, 0.15) is 74.6 Å². The predicted octanol–water partition coefficient (Wildman–Crippen LogP) is 28.1. The number of unbranched alkanes of at least 4 members (excludes halogenated alkanes) is 14. The minimum Gasteiger partial charge on any atom is -0.508 e. The summed E-state index contributed by atoms with van der Waals surface area (Å²) in [5.74, 6) is -0.279. The summed E-state index contributed by atoms with van der Waals surface area (Å²) in [6.45, 7) is 33.1. The maximum Gasteiger partial charge on any atom is 0.339 e. The Hall–Kier alpha value is -15.1. The van der Waals surface area contributed by atoms with E-state index in [0.29, 0.717) is 63.5 Å². The SMILES string of the molecule is CC(C)(C)c1cccc(C(C)(C)C)c1O.CCCCCCCCCCCCCCCCCC(=O)Nc1ccc(O)cc1.CCCOC(=O)c1ccc(O)cc1.COc1ccc(O)c(C(C)(C)C)c1.COc1ccc(O)cc1C(C)(C)C.Cc1cc(C(=O)O)ccc1O.Cc1cccc(C(=O)O)c1O.O=C(O)c1ccc(O)cc1.O=C(c1ccccc1)c1ccc(O)cc1.O=C(c1ccccc1)c1ccccc1O. The molecule has 0 aromatic heterocycles. The number of carbonyl (C=O) groups is 7. The van der Waals surface area contributed by atoms with Crippen LogP contribution < -0.4 is 14.8 Å². The average molecular weight is 1960 g/mol. The van der Waals surface area contributed by atoms with Gasteiger partial charge in [-0.2, -0.15) is 0 Å². The minimum absolute atomic E-state index is 0.00859. The van der Waals surface area contributed by atoms with E-state index < -0.39 is 17.9 Å². The topological polar surface area (TPSA) is 422 Å². The minimum atomic E-state index is -1.11. The van der Waals surface area contributed by atoms with E-state index in [1.54, 1.807) is 162 Å². The van der Waals surface area contributed by atoms with Gasteiger partial charge in [-0.1, -0.05) is 290 Å². The van der Waals surface area contributed by atoms with Crippen LogP contribution in [0.1, 0.15) is 313 Å². The van der Waals surface area contributed by atoms with Crippen LogP contribution in [0.4, 0.5) is 5.69 Å². The number of hydrogen-bond acceptors (Lipinski definition) is 20. The van der Waals surface area contributed by atoms with Crippen molar-refractivity contribution in [3.8, 4) is 69.0 Å². The van der Waals surface area contributed by atoms with Gasteiger partial charge in [-0.05, 0) is 240 Å². The third-order valence-corrected chi connectivity index (χ3v) is 21.7. The Morgan fingerprint density at radius 2 is 0.685 bits per heavy atom. The van der Waals surface area contributed by atoms with E-state index in [1.807, 2.05) is 55.5 Å². The molecule has 0 unspecified atom stereocenters. The maximum atomic E-state index is 11.9. The van der Waals surface area contributed by atoms with Gasteiger partial charge in [-0.15, -0.1) is 0 Å². The quantitative estimate of drug-likeness (QED) is 0.00896. The van der Waals surface area contributed by atoms with E-state index in [-0.39, 0.29) is 108 Å². The fraction of sp³-hybridized carbons (Fsp3) is 0.336. The van der Waals surface area contributed by atoms with E-state index in [9.17, 15) is 64.2 Å². The number of aryl methyl sites for hydroxylation is 2. The number of carboxylic acids is 3. The number of aromatic carboxylic acids is 3. The molecule has 0 atom stereocenters. The maximum absolute atomic E-state index is 11.9. The summed E-state index contributed by atoms with van der Waals surface area (Å²) in [7, 11) is 3.26.